The van der Waals surface area contributed by atoms with Crippen molar-refractivity contribution in [1.82, 2.24) is 20.0 Å². The number of halogens is 2. The van der Waals surface area contributed by atoms with Crippen molar-refractivity contribution in [3.8, 4) is 10.4 Å². The van der Waals surface area contributed by atoms with E-state index in [1.54, 1.807) is 38.2 Å². The summed E-state index contributed by atoms with van der Waals surface area (Å²) < 4.78 is 31.3. The molecule has 1 aromatic carbocycles. The van der Waals surface area contributed by atoms with Gasteiger partial charge in [0.1, 0.15) is 33.7 Å². The molecule has 0 bridgehead atoms. The Labute approximate surface area is 215 Å². The number of carbonyl (C=O) groups is 1. The second-order valence-electron chi connectivity index (χ2n) is 9.59. The Morgan fingerprint density at radius 1 is 1.11 bits per heavy atom. The SMILES string of the molecule is CC(C)(O)c1cc(F)c(-c2cc(C(N)=O)c(Nc3cccc(Cn4cc(C(C)(C)O)nn4)n3)s2)c(F)c1. The summed E-state index contributed by atoms with van der Waals surface area (Å²) in [5, 5.41) is 31.4. The molecule has 1 amide bonds. The van der Waals surface area contributed by atoms with E-state index in [1.165, 1.54) is 24.6 Å². The number of carbonyl (C=O) groups excluding carboxylic acids is 1. The van der Waals surface area contributed by atoms with Gasteiger partial charge in [0.05, 0.1) is 35.2 Å². The zero-order valence-corrected chi connectivity index (χ0v) is 21.4. The monoisotopic (exact) mass is 528 g/mol. The largest absolute Gasteiger partial charge is 0.386 e. The molecular weight excluding hydrogens is 502 g/mol. The number of rotatable bonds is 8. The maximum atomic E-state index is 14.9. The van der Waals surface area contributed by atoms with Gasteiger partial charge in [-0.25, -0.2) is 18.4 Å². The zero-order valence-electron chi connectivity index (χ0n) is 20.6. The summed E-state index contributed by atoms with van der Waals surface area (Å²) in [5.41, 5.74) is 3.78. The lowest BCUT2D eigenvalue weighted by Crippen LogP contribution is -2.16. The number of aromatic nitrogens is 4. The van der Waals surface area contributed by atoms with Crippen molar-refractivity contribution in [3.05, 3.63) is 76.7 Å². The van der Waals surface area contributed by atoms with Crippen LogP contribution in [0.3, 0.4) is 0 Å². The number of hydrogen-bond acceptors (Lipinski definition) is 8. The lowest BCUT2D eigenvalue weighted by molar-refractivity contribution is 0.0736. The number of hydrogen-bond donors (Lipinski definition) is 4. The van der Waals surface area contributed by atoms with E-state index >= 15 is 0 Å². The van der Waals surface area contributed by atoms with Crippen molar-refractivity contribution in [2.24, 2.45) is 5.73 Å². The minimum atomic E-state index is -1.43. The summed E-state index contributed by atoms with van der Waals surface area (Å²) in [6.45, 7) is 6.33. The smallest absolute Gasteiger partial charge is 0.251 e. The van der Waals surface area contributed by atoms with Gasteiger partial charge < -0.3 is 21.3 Å². The molecule has 0 fully saturated rings. The minimum Gasteiger partial charge on any atom is -0.386 e. The van der Waals surface area contributed by atoms with Crippen LogP contribution in [0.2, 0.25) is 0 Å². The number of nitrogens with two attached hydrogens (primary N) is 1. The normalized spacial score (nSPS) is 12.1. The first-order valence-corrected chi connectivity index (χ1v) is 12.1. The van der Waals surface area contributed by atoms with Crippen LogP contribution in [-0.2, 0) is 17.7 Å². The lowest BCUT2D eigenvalue weighted by Gasteiger charge is -2.18. The average molecular weight is 529 g/mol. The van der Waals surface area contributed by atoms with E-state index in [0.717, 1.165) is 23.5 Å². The predicted octanol–water partition coefficient (Wildman–Crippen LogP) is 4.03. The van der Waals surface area contributed by atoms with Gasteiger partial charge in [0.15, 0.2) is 0 Å². The summed E-state index contributed by atoms with van der Waals surface area (Å²) in [6, 6.07) is 8.61. The van der Waals surface area contributed by atoms with Gasteiger partial charge in [0.25, 0.3) is 5.91 Å². The zero-order chi connectivity index (χ0) is 27.1. The Bertz CT molecular complexity index is 1450. The molecule has 0 atom stereocenters. The molecule has 9 nitrogen and oxygen atoms in total. The number of aliphatic hydroxyl groups is 2. The van der Waals surface area contributed by atoms with Gasteiger partial charge in [-0.05, 0) is 63.6 Å². The van der Waals surface area contributed by atoms with Crippen LogP contribution in [0.5, 0.6) is 0 Å². The molecule has 0 saturated carbocycles. The van der Waals surface area contributed by atoms with E-state index < -0.39 is 28.7 Å². The molecule has 0 spiro atoms. The first-order valence-electron chi connectivity index (χ1n) is 11.2. The van der Waals surface area contributed by atoms with Crippen LogP contribution in [0, 0.1) is 11.6 Å². The molecule has 0 saturated heterocycles. The number of nitrogens with zero attached hydrogens (tertiary/aromatic N) is 4. The quantitative estimate of drug-likeness (QED) is 0.271. The first kappa shape index (κ1) is 26.3. The maximum absolute atomic E-state index is 14.9. The van der Waals surface area contributed by atoms with Gasteiger partial charge in [-0.1, -0.05) is 11.3 Å². The van der Waals surface area contributed by atoms with E-state index in [0.29, 0.717) is 17.2 Å². The molecule has 4 aromatic rings. The van der Waals surface area contributed by atoms with E-state index in [-0.39, 0.29) is 33.1 Å². The Morgan fingerprint density at radius 3 is 2.35 bits per heavy atom. The van der Waals surface area contributed by atoms with Crippen LogP contribution in [0.25, 0.3) is 10.4 Å². The van der Waals surface area contributed by atoms with E-state index in [9.17, 15) is 23.8 Å². The third-order valence-electron chi connectivity index (χ3n) is 5.53. The second kappa shape index (κ2) is 9.61. The summed E-state index contributed by atoms with van der Waals surface area (Å²) in [7, 11) is 0. The average Bonchev–Trinajstić information content (AvgIpc) is 3.40. The molecule has 3 heterocycles. The highest BCUT2D eigenvalue weighted by atomic mass is 32.1. The summed E-state index contributed by atoms with van der Waals surface area (Å²) >= 11 is 0.944. The maximum Gasteiger partial charge on any atom is 0.251 e. The molecule has 0 aliphatic rings. The van der Waals surface area contributed by atoms with Gasteiger partial charge in [-0.15, -0.1) is 16.4 Å². The Hall–Kier alpha value is -3.74. The highest BCUT2D eigenvalue weighted by Crippen LogP contribution is 2.40. The summed E-state index contributed by atoms with van der Waals surface area (Å²) in [4.78, 5) is 16.8. The fourth-order valence-electron chi connectivity index (χ4n) is 3.53. The number of anilines is 2. The lowest BCUT2D eigenvalue weighted by atomic mass is 9.96. The highest BCUT2D eigenvalue weighted by Gasteiger charge is 2.25. The van der Waals surface area contributed by atoms with Gasteiger partial charge in [-0.3, -0.25) is 4.79 Å². The summed E-state index contributed by atoms with van der Waals surface area (Å²) in [5.74, 6) is -2.16. The van der Waals surface area contributed by atoms with Crippen molar-refractivity contribution < 1.29 is 23.8 Å². The Kier molecular flexibility index (Phi) is 6.84. The van der Waals surface area contributed by atoms with Crippen molar-refractivity contribution in [2.45, 2.75) is 45.4 Å². The first-order chi connectivity index (χ1) is 17.2. The van der Waals surface area contributed by atoms with Crippen molar-refractivity contribution >= 4 is 28.1 Å². The van der Waals surface area contributed by atoms with Gasteiger partial charge in [0.2, 0.25) is 0 Å². The molecule has 4 rings (SSSR count). The van der Waals surface area contributed by atoms with Crippen LogP contribution >= 0.6 is 11.3 Å². The van der Waals surface area contributed by atoms with Crippen LogP contribution < -0.4 is 11.1 Å². The number of benzene rings is 1. The van der Waals surface area contributed by atoms with Crippen molar-refractivity contribution in [2.75, 3.05) is 5.32 Å². The third-order valence-corrected chi connectivity index (χ3v) is 6.60. The molecule has 0 aliphatic carbocycles. The van der Waals surface area contributed by atoms with Crippen LogP contribution in [-0.4, -0.2) is 36.1 Å². The Morgan fingerprint density at radius 2 is 1.78 bits per heavy atom. The minimum absolute atomic E-state index is 0.0451. The topological polar surface area (TPSA) is 139 Å². The molecule has 0 radical (unpaired) electrons. The molecule has 5 N–H and O–H groups in total. The molecule has 37 heavy (non-hydrogen) atoms. The fraction of sp³-hybridized carbons (Fsp3) is 0.280. The molecule has 0 unspecified atom stereocenters. The van der Waals surface area contributed by atoms with E-state index in [1.807, 2.05) is 0 Å². The van der Waals surface area contributed by atoms with E-state index in [2.05, 4.69) is 20.6 Å². The van der Waals surface area contributed by atoms with Crippen molar-refractivity contribution in [3.63, 3.8) is 0 Å². The van der Waals surface area contributed by atoms with Crippen LogP contribution in [0.4, 0.5) is 19.6 Å². The van der Waals surface area contributed by atoms with Gasteiger partial charge >= 0.3 is 0 Å². The number of primary amides is 1. The standard InChI is InChI=1S/C25H26F2N6O3S/c1-24(2,35)13-8-16(26)21(17(27)9-13)18-10-15(22(28)34)23(37-18)30-20-7-5-6-14(29-20)11-33-12-19(31-32-33)25(3,4)36/h5-10,12,35-36H,11H2,1-4H3,(H2,28,34)(H,29,30). The second-order valence-corrected chi connectivity index (χ2v) is 10.6. The van der Waals surface area contributed by atoms with Crippen molar-refractivity contribution in [1.29, 1.82) is 0 Å². The van der Waals surface area contributed by atoms with E-state index in [4.69, 9.17) is 5.73 Å². The highest BCUT2D eigenvalue weighted by molar-refractivity contribution is 7.20. The Balaban J connectivity index is 1.63. The molecule has 3 aromatic heterocycles. The number of nitrogens with one attached hydrogen (secondary N) is 1. The number of amides is 1. The van der Waals surface area contributed by atoms with Gasteiger partial charge in [-0.2, -0.15) is 0 Å². The number of thiophene rings is 1. The molecule has 194 valence electrons. The third kappa shape index (κ3) is 5.82. The molecule has 0 aliphatic heterocycles. The predicted molar refractivity (Wildman–Crippen MR) is 135 cm³/mol. The van der Waals surface area contributed by atoms with Gasteiger partial charge in [0, 0.05) is 4.88 Å². The summed E-state index contributed by atoms with van der Waals surface area (Å²) in [6.07, 6.45) is 1.62. The van der Waals surface area contributed by atoms with Crippen LogP contribution in [0.15, 0.2) is 42.6 Å². The van der Waals surface area contributed by atoms with Crippen LogP contribution in [0.1, 0.15) is 55.0 Å². The molecular formula is C25H26F2N6O3S. The fourth-order valence-corrected chi connectivity index (χ4v) is 4.65. The molecule has 12 heteroatoms. The number of pyridine rings is 1.